The van der Waals surface area contributed by atoms with Crippen molar-refractivity contribution in [3.8, 4) is 0 Å². The van der Waals surface area contributed by atoms with Crippen LogP contribution in [0.5, 0.6) is 0 Å². The van der Waals surface area contributed by atoms with Gasteiger partial charge in [-0.25, -0.2) is 0 Å². The summed E-state index contributed by atoms with van der Waals surface area (Å²) in [6.07, 6.45) is 34.6. The number of rotatable bonds is 27. The van der Waals surface area contributed by atoms with Crippen LogP contribution in [0.25, 0.3) is 0 Å². The number of benzene rings is 1. The fraction of sp³-hybridized carbons (Fsp3) is 0.829. The summed E-state index contributed by atoms with van der Waals surface area (Å²) in [4.78, 5) is 0. The van der Waals surface area contributed by atoms with Crippen LogP contribution in [0.3, 0.4) is 0 Å². The van der Waals surface area contributed by atoms with Crippen molar-refractivity contribution in [3.63, 3.8) is 0 Å². The lowest BCUT2D eigenvalue weighted by atomic mass is 9.89. The summed E-state index contributed by atoms with van der Waals surface area (Å²) < 4.78 is 0. The third kappa shape index (κ3) is 21.1. The molecule has 0 heterocycles. The summed E-state index contributed by atoms with van der Waals surface area (Å²) in [5.74, 6) is 0.938. The average Bonchev–Trinajstić information content (AvgIpc) is 2.89. The lowest BCUT2D eigenvalue weighted by molar-refractivity contribution is 0.365. The van der Waals surface area contributed by atoms with Crippen molar-refractivity contribution in [2.45, 2.75) is 181 Å². The molecule has 0 spiro atoms. The largest absolute Gasteiger partial charge is 0.383 e. The monoisotopic (exact) mass is 500 g/mol. The van der Waals surface area contributed by atoms with Gasteiger partial charge in [-0.1, -0.05) is 173 Å². The van der Waals surface area contributed by atoms with Gasteiger partial charge in [0.1, 0.15) is 0 Å². The summed E-state index contributed by atoms with van der Waals surface area (Å²) in [7, 11) is 0. The van der Waals surface area contributed by atoms with Crippen LogP contribution in [0, 0.1) is 5.92 Å². The molecule has 0 bridgehead atoms. The van der Waals surface area contributed by atoms with Gasteiger partial charge in [0.05, 0.1) is 0 Å². The van der Waals surface area contributed by atoms with E-state index in [-0.39, 0.29) is 0 Å². The third-order valence-electron chi connectivity index (χ3n) is 8.13. The molecule has 0 aromatic heterocycles. The van der Waals surface area contributed by atoms with Crippen molar-refractivity contribution in [1.29, 1.82) is 0 Å². The maximum Gasteiger partial charge on any atom is 0.0342 e. The minimum absolute atomic E-state index is 0.565. The Morgan fingerprint density at radius 1 is 0.472 bits per heavy atom. The van der Waals surface area contributed by atoms with E-state index in [0.29, 0.717) is 6.04 Å². The molecule has 1 aromatic rings. The van der Waals surface area contributed by atoms with E-state index < -0.39 is 0 Å². The van der Waals surface area contributed by atoms with E-state index in [0.717, 1.165) is 5.92 Å². The highest BCUT2D eigenvalue weighted by molar-refractivity contribution is 5.43. The predicted octanol–water partition coefficient (Wildman–Crippen LogP) is 12.5. The first-order valence-electron chi connectivity index (χ1n) is 16.6. The third-order valence-corrected chi connectivity index (χ3v) is 8.13. The van der Waals surface area contributed by atoms with Crippen molar-refractivity contribution in [2.75, 3.05) is 5.32 Å². The summed E-state index contributed by atoms with van der Waals surface area (Å²) >= 11 is 0. The Hall–Kier alpha value is -0.980. The molecule has 0 aliphatic rings. The van der Waals surface area contributed by atoms with Gasteiger partial charge in [0.2, 0.25) is 0 Å². The first-order chi connectivity index (χ1) is 17.8. The zero-order chi connectivity index (χ0) is 25.9. The van der Waals surface area contributed by atoms with E-state index in [1.807, 2.05) is 0 Å². The second kappa shape index (κ2) is 25.7. The van der Waals surface area contributed by atoms with Gasteiger partial charge in [-0.2, -0.15) is 0 Å². The molecule has 0 fully saturated rings. The molecule has 1 aromatic carbocycles. The smallest absolute Gasteiger partial charge is 0.0342 e. The van der Waals surface area contributed by atoms with Crippen LogP contribution in [0.15, 0.2) is 30.3 Å². The molecule has 1 rings (SSSR count). The SMILES string of the molecule is CCCCCCCCCCCCCCC(CCCCCCCCCC)CCC(C)Nc1ccccc1. The maximum atomic E-state index is 3.71. The fourth-order valence-corrected chi connectivity index (χ4v) is 5.65. The molecule has 1 N–H and O–H groups in total. The first-order valence-corrected chi connectivity index (χ1v) is 16.6. The molecule has 2 atom stereocenters. The molecule has 1 heteroatoms. The van der Waals surface area contributed by atoms with E-state index in [1.54, 1.807) is 0 Å². The van der Waals surface area contributed by atoms with Gasteiger partial charge in [-0.3, -0.25) is 0 Å². The Morgan fingerprint density at radius 3 is 1.28 bits per heavy atom. The number of hydrogen-bond donors (Lipinski definition) is 1. The summed E-state index contributed by atoms with van der Waals surface area (Å²) in [6.45, 7) is 6.99. The first kappa shape index (κ1) is 33.0. The molecule has 1 nitrogen and oxygen atoms in total. The van der Waals surface area contributed by atoms with E-state index in [1.165, 1.54) is 160 Å². The van der Waals surface area contributed by atoms with Crippen LogP contribution >= 0.6 is 0 Å². The fourth-order valence-electron chi connectivity index (χ4n) is 5.65. The van der Waals surface area contributed by atoms with E-state index in [2.05, 4.69) is 56.4 Å². The van der Waals surface area contributed by atoms with Crippen molar-refractivity contribution in [1.82, 2.24) is 0 Å². The van der Waals surface area contributed by atoms with Crippen molar-refractivity contribution in [2.24, 2.45) is 5.92 Å². The highest BCUT2D eigenvalue weighted by Gasteiger charge is 2.11. The van der Waals surface area contributed by atoms with Crippen LogP contribution in [0.2, 0.25) is 0 Å². The normalized spacial score (nSPS) is 13.1. The van der Waals surface area contributed by atoms with Crippen LogP contribution in [-0.4, -0.2) is 6.04 Å². The minimum atomic E-state index is 0.565. The van der Waals surface area contributed by atoms with Crippen molar-refractivity contribution < 1.29 is 0 Å². The standard InChI is InChI=1S/C35H65N/c1-4-6-8-10-12-14-15-16-17-19-21-24-28-34(27-23-20-18-13-11-9-7-5-2)32-31-33(3)36-35-29-25-22-26-30-35/h22,25-26,29-30,33-34,36H,4-21,23-24,27-28,31-32H2,1-3H3. The van der Waals surface area contributed by atoms with E-state index in [4.69, 9.17) is 0 Å². The Kier molecular flexibility index (Phi) is 23.6. The lowest BCUT2D eigenvalue weighted by Crippen LogP contribution is -2.16. The molecular formula is C35H65N. The van der Waals surface area contributed by atoms with Crippen molar-refractivity contribution in [3.05, 3.63) is 30.3 Å². The molecule has 36 heavy (non-hydrogen) atoms. The summed E-state index contributed by atoms with van der Waals surface area (Å²) in [5, 5.41) is 3.71. The van der Waals surface area contributed by atoms with Gasteiger partial charge in [0, 0.05) is 11.7 Å². The van der Waals surface area contributed by atoms with Gasteiger partial charge in [-0.15, -0.1) is 0 Å². The molecule has 210 valence electrons. The number of unbranched alkanes of at least 4 members (excludes halogenated alkanes) is 18. The second-order valence-electron chi connectivity index (χ2n) is 11.8. The van der Waals surface area contributed by atoms with Gasteiger partial charge >= 0.3 is 0 Å². The lowest BCUT2D eigenvalue weighted by Gasteiger charge is -2.21. The van der Waals surface area contributed by atoms with Crippen LogP contribution in [0.1, 0.15) is 175 Å². The molecule has 0 aliphatic carbocycles. The van der Waals surface area contributed by atoms with Gasteiger partial charge in [0.15, 0.2) is 0 Å². The molecule has 0 saturated heterocycles. The molecule has 0 amide bonds. The van der Waals surface area contributed by atoms with Gasteiger partial charge < -0.3 is 5.32 Å². The molecule has 0 radical (unpaired) electrons. The molecule has 0 aliphatic heterocycles. The van der Waals surface area contributed by atoms with Gasteiger partial charge in [0.25, 0.3) is 0 Å². The highest BCUT2D eigenvalue weighted by Crippen LogP contribution is 2.25. The van der Waals surface area contributed by atoms with Crippen LogP contribution in [0.4, 0.5) is 5.69 Å². The van der Waals surface area contributed by atoms with E-state index in [9.17, 15) is 0 Å². The second-order valence-corrected chi connectivity index (χ2v) is 11.8. The zero-order valence-corrected chi connectivity index (χ0v) is 25.0. The maximum absolute atomic E-state index is 3.71. The number of nitrogens with one attached hydrogen (secondary N) is 1. The Morgan fingerprint density at radius 2 is 0.861 bits per heavy atom. The average molecular weight is 500 g/mol. The summed E-state index contributed by atoms with van der Waals surface area (Å²) in [5.41, 5.74) is 1.27. The topological polar surface area (TPSA) is 12.0 Å². The number of hydrogen-bond acceptors (Lipinski definition) is 1. The van der Waals surface area contributed by atoms with Gasteiger partial charge in [-0.05, 0) is 37.8 Å². The quantitative estimate of drug-likeness (QED) is 0.119. The molecule has 2 unspecified atom stereocenters. The Bertz CT molecular complexity index is 539. The Labute approximate surface area is 228 Å². The molecular weight excluding hydrogens is 434 g/mol. The highest BCUT2D eigenvalue weighted by atomic mass is 14.9. The molecule has 0 saturated carbocycles. The van der Waals surface area contributed by atoms with Crippen LogP contribution in [-0.2, 0) is 0 Å². The number of anilines is 1. The Balaban J connectivity index is 2.18. The van der Waals surface area contributed by atoms with Crippen molar-refractivity contribution >= 4 is 5.69 Å². The summed E-state index contributed by atoms with van der Waals surface area (Å²) in [6, 6.07) is 11.3. The predicted molar refractivity (Wildman–Crippen MR) is 165 cm³/mol. The number of para-hydroxylation sites is 1. The zero-order valence-electron chi connectivity index (χ0n) is 25.0. The minimum Gasteiger partial charge on any atom is -0.383 e. The van der Waals surface area contributed by atoms with Crippen LogP contribution < -0.4 is 5.32 Å². The van der Waals surface area contributed by atoms with E-state index >= 15 is 0 Å².